The van der Waals surface area contributed by atoms with Gasteiger partial charge < -0.3 is 15.6 Å². The molecule has 1 aromatic carbocycles. The lowest BCUT2D eigenvalue weighted by Gasteiger charge is -2.16. The molecule has 0 saturated heterocycles. The molecule has 0 aliphatic rings. The summed E-state index contributed by atoms with van der Waals surface area (Å²) in [4.78, 5) is 0. The van der Waals surface area contributed by atoms with Gasteiger partial charge in [0.2, 0.25) is 0 Å². The van der Waals surface area contributed by atoms with E-state index in [1.807, 2.05) is 6.92 Å². The molecule has 0 radical (unpaired) electrons. The van der Waals surface area contributed by atoms with Crippen LogP contribution in [0.4, 0.5) is 4.39 Å². The molecule has 0 saturated carbocycles. The van der Waals surface area contributed by atoms with Crippen molar-refractivity contribution in [2.24, 2.45) is 5.73 Å². The van der Waals surface area contributed by atoms with Crippen molar-refractivity contribution >= 4 is 0 Å². The minimum Gasteiger partial charge on any atom is -0.508 e. The van der Waals surface area contributed by atoms with Crippen molar-refractivity contribution in [2.45, 2.75) is 19.3 Å². The van der Waals surface area contributed by atoms with Crippen LogP contribution in [0.15, 0.2) is 12.1 Å². The van der Waals surface area contributed by atoms with E-state index in [9.17, 15) is 9.50 Å². The van der Waals surface area contributed by atoms with E-state index in [4.69, 9.17) is 10.5 Å². The molecule has 0 amide bonds. The zero-order valence-corrected chi connectivity index (χ0v) is 8.96. The quantitative estimate of drug-likeness (QED) is 0.804. The number of phenolic OH excluding ortho intramolecular Hbond substituents is 1. The molecule has 1 unspecified atom stereocenters. The lowest BCUT2D eigenvalue weighted by atomic mass is 9.96. The van der Waals surface area contributed by atoms with Crippen molar-refractivity contribution in [3.05, 3.63) is 23.5 Å². The summed E-state index contributed by atoms with van der Waals surface area (Å²) < 4.78 is 18.6. The molecular weight excluding hydrogens is 197 g/mol. The van der Waals surface area contributed by atoms with Gasteiger partial charge in [0, 0.05) is 17.7 Å². The summed E-state index contributed by atoms with van der Waals surface area (Å²) in [6, 6.07) is 2.50. The Hall–Kier alpha value is -1.29. The molecule has 3 nitrogen and oxygen atoms in total. The zero-order valence-electron chi connectivity index (χ0n) is 8.96. The molecular formula is C11H16FNO2. The van der Waals surface area contributed by atoms with Crippen molar-refractivity contribution in [3.63, 3.8) is 0 Å². The molecule has 1 aromatic rings. The number of ether oxygens (including phenoxy) is 1. The van der Waals surface area contributed by atoms with Crippen LogP contribution >= 0.6 is 0 Å². The van der Waals surface area contributed by atoms with Crippen molar-refractivity contribution in [1.29, 1.82) is 0 Å². The van der Waals surface area contributed by atoms with Crippen LogP contribution in [0.3, 0.4) is 0 Å². The lowest BCUT2D eigenvalue weighted by molar-refractivity contribution is 0.390. The van der Waals surface area contributed by atoms with E-state index in [0.29, 0.717) is 24.3 Å². The number of benzene rings is 1. The summed E-state index contributed by atoms with van der Waals surface area (Å²) >= 11 is 0. The van der Waals surface area contributed by atoms with E-state index in [2.05, 4.69) is 0 Å². The van der Waals surface area contributed by atoms with Crippen molar-refractivity contribution in [1.82, 2.24) is 0 Å². The van der Waals surface area contributed by atoms with E-state index in [-0.39, 0.29) is 11.7 Å². The van der Waals surface area contributed by atoms with Gasteiger partial charge in [0.1, 0.15) is 17.3 Å². The highest BCUT2D eigenvalue weighted by atomic mass is 19.1. The number of nitrogens with two attached hydrogens (primary N) is 1. The zero-order chi connectivity index (χ0) is 11.4. The van der Waals surface area contributed by atoms with Crippen LogP contribution < -0.4 is 10.5 Å². The molecule has 0 bridgehead atoms. The highest BCUT2D eigenvalue weighted by Crippen LogP contribution is 2.34. The van der Waals surface area contributed by atoms with Crippen molar-refractivity contribution in [3.8, 4) is 11.5 Å². The number of aromatic hydroxyl groups is 1. The second-order valence-corrected chi connectivity index (χ2v) is 3.52. The van der Waals surface area contributed by atoms with E-state index < -0.39 is 5.82 Å². The molecule has 0 fully saturated rings. The fourth-order valence-electron chi connectivity index (χ4n) is 1.62. The van der Waals surface area contributed by atoms with Gasteiger partial charge in [0.05, 0.1) is 7.11 Å². The average Bonchev–Trinajstić information content (AvgIpc) is 2.16. The van der Waals surface area contributed by atoms with Crippen LogP contribution in [-0.4, -0.2) is 18.8 Å². The van der Waals surface area contributed by atoms with Crippen LogP contribution in [0.5, 0.6) is 11.5 Å². The fraction of sp³-hybridized carbons (Fsp3) is 0.455. The third kappa shape index (κ3) is 2.59. The summed E-state index contributed by atoms with van der Waals surface area (Å²) in [6.45, 7) is 2.37. The molecule has 84 valence electrons. The van der Waals surface area contributed by atoms with Crippen LogP contribution in [0.1, 0.15) is 24.8 Å². The first kappa shape index (κ1) is 11.8. The molecule has 0 aliphatic carbocycles. The Bertz CT molecular complexity index is 342. The first-order valence-corrected chi connectivity index (χ1v) is 4.86. The van der Waals surface area contributed by atoms with Crippen LogP contribution in [0.2, 0.25) is 0 Å². The number of rotatable bonds is 4. The van der Waals surface area contributed by atoms with Gasteiger partial charge in [-0.3, -0.25) is 0 Å². The molecule has 0 heterocycles. The SMILES string of the molecule is COc1cc(O)cc(F)c1C(C)CCN. The smallest absolute Gasteiger partial charge is 0.134 e. The Balaban J connectivity index is 3.14. The molecule has 15 heavy (non-hydrogen) atoms. The highest BCUT2D eigenvalue weighted by molar-refractivity contribution is 5.43. The van der Waals surface area contributed by atoms with Crippen LogP contribution in [0.25, 0.3) is 0 Å². The van der Waals surface area contributed by atoms with Gasteiger partial charge in [-0.25, -0.2) is 4.39 Å². The van der Waals surface area contributed by atoms with Gasteiger partial charge in [-0.15, -0.1) is 0 Å². The average molecular weight is 213 g/mol. The summed E-state index contributed by atoms with van der Waals surface area (Å²) in [5.74, 6) is -0.236. The molecule has 0 aliphatic heterocycles. The lowest BCUT2D eigenvalue weighted by Crippen LogP contribution is -2.07. The largest absolute Gasteiger partial charge is 0.508 e. The molecule has 3 N–H and O–H groups in total. The van der Waals surface area contributed by atoms with Crippen LogP contribution in [-0.2, 0) is 0 Å². The van der Waals surface area contributed by atoms with E-state index in [1.54, 1.807) is 0 Å². The molecule has 0 aromatic heterocycles. The maximum atomic E-state index is 13.6. The summed E-state index contributed by atoms with van der Waals surface area (Å²) in [6.07, 6.45) is 0.679. The van der Waals surface area contributed by atoms with Gasteiger partial charge in [0.15, 0.2) is 0 Å². The maximum Gasteiger partial charge on any atom is 0.134 e. The molecule has 1 atom stereocenters. The third-order valence-electron chi connectivity index (χ3n) is 2.39. The first-order chi connectivity index (χ1) is 7.10. The Labute approximate surface area is 88.7 Å². The van der Waals surface area contributed by atoms with Gasteiger partial charge in [-0.1, -0.05) is 6.92 Å². The topological polar surface area (TPSA) is 55.5 Å². The first-order valence-electron chi connectivity index (χ1n) is 4.86. The Kier molecular flexibility index (Phi) is 3.91. The highest BCUT2D eigenvalue weighted by Gasteiger charge is 2.17. The Morgan fingerprint density at radius 1 is 1.53 bits per heavy atom. The van der Waals surface area contributed by atoms with Gasteiger partial charge >= 0.3 is 0 Å². The molecule has 1 rings (SSSR count). The minimum atomic E-state index is -0.451. The van der Waals surface area contributed by atoms with E-state index >= 15 is 0 Å². The minimum absolute atomic E-state index is 0.0226. The number of hydrogen-bond acceptors (Lipinski definition) is 3. The van der Waals surface area contributed by atoms with Crippen LogP contribution in [0, 0.1) is 5.82 Å². The second-order valence-electron chi connectivity index (χ2n) is 3.52. The van der Waals surface area contributed by atoms with Gasteiger partial charge in [-0.2, -0.15) is 0 Å². The number of hydrogen-bond donors (Lipinski definition) is 2. The predicted molar refractivity (Wildman–Crippen MR) is 56.7 cm³/mol. The van der Waals surface area contributed by atoms with Gasteiger partial charge in [-0.05, 0) is 18.9 Å². The normalized spacial score (nSPS) is 12.5. The van der Waals surface area contributed by atoms with E-state index in [1.165, 1.54) is 13.2 Å². The summed E-state index contributed by atoms with van der Waals surface area (Å²) in [5, 5.41) is 9.22. The van der Waals surface area contributed by atoms with Crippen molar-refractivity contribution < 1.29 is 14.2 Å². The second kappa shape index (κ2) is 4.98. The monoisotopic (exact) mass is 213 g/mol. The predicted octanol–water partition coefficient (Wildman–Crippen LogP) is 1.99. The molecule has 4 heteroatoms. The fourth-order valence-corrected chi connectivity index (χ4v) is 1.62. The Morgan fingerprint density at radius 3 is 2.73 bits per heavy atom. The third-order valence-corrected chi connectivity index (χ3v) is 2.39. The van der Waals surface area contributed by atoms with Crippen molar-refractivity contribution in [2.75, 3.05) is 13.7 Å². The number of methoxy groups -OCH3 is 1. The standard InChI is InChI=1S/C11H16FNO2/c1-7(3-4-13)11-9(12)5-8(14)6-10(11)15-2/h5-7,14H,3-4,13H2,1-2H3. The Morgan fingerprint density at radius 2 is 2.20 bits per heavy atom. The van der Waals surface area contributed by atoms with E-state index in [0.717, 1.165) is 6.07 Å². The number of halogens is 1. The summed E-state index contributed by atoms with van der Waals surface area (Å²) in [5.41, 5.74) is 5.90. The number of phenols is 1. The van der Waals surface area contributed by atoms with Gasteiger partial charge in [0.25, 0.3) is 0 Å². The maximum absolute atomic E-state index is 13.6. The summed E-state index contributed by atoms with van der Waals surface area (Å²) in [7, 11) is 1.45. The molecule has 0 spiro atoms.